The van der Waals surface area contributed by atoms with Gasteiger partial charge in [0, 0.05) is 23.6 Å². The minimum Gasteiger partial charge on any atom is -0.507 e. The standard InChI is InChI=1S/C24H35NO2/c1-6-7-8-12-19-22(18-11-9-10-13-21(18)27)20(14-15-26)24(17(4)5)25-23(19)16(2)3/h9-11,13,16-17,26-27H,6-8,12,14-15H2,1-5H3. The van der Waals surface area contributed by atoms with Crippen LogP contribution >= 0.6 is 0 Å². The Labute approximate surface area is 164 Å². The Bertz CT molecular complexity index is 750. The molecular weight excluding hydrogens is 334 g/mol. The van der Waals surface area contributed by atoms with Gasteiger partial charge in [-0.3, -0.25) is 4.98 Å². The molecule has 0 saturated heterocycles. The Kier molecular flexibility index (Phi) is 7.85. The summed E-state index contributed by atoms with van der Waals surface area (Å²) in [4.78, 5) is 5.09. The lowest BCUT2D eigenvalue weighted by molar-refractivity contribution is 0.299. The van der Waals surface area contributed by atoms with E-state index in [4.69, 9.17) is 4.98 Å². The fourth-order valence-corrected chi connectivity index (χ4v) is 3.84. The first kappa shape index (κ1) is 21.4. The molecule has 0 atom stereocenters. The summed E-state index contributed by atoms with van der Waals surface area (Å²) in [5.41, 5.74) is 6.47. The van der Waals surface area contributed by atoms with Crippen LogP contribution in [0.25, 0.3) is 11.1 Å². The van der Waals surface area contributed by atoms with Crippen molar-refractivity contribution in [3.63, 3.8) is 0 Å². The van der Waals surface area contributed by atoms with Gasteiger partial charge in [0.25, 0.3) is 0 Å². The first-order valence-corrected chi connectivity index (χ1v) is 10.4. The summed E-state index contributed by atoms with van der Waals surface area (Å²) < 4.78 is 0. The number of benzene rings is 1. The van der Waals surface area contributed by atoms with Gasteiger partial charge in [-0.2, -0.15) is 0 Å². The quantitative estimate of drug-likeness (QED) is 0.536. The summed E-state index contributed by atoms with van der Waals surface area (Å²) in [5, 5.41) is 20.4. The third-order valence-corrected chi connectivity index (χ3v) is 5.12. The van der Waals surface area contributed by atoms with Crippen LogP contribution in [0.5, 0.6) is 5.75 Å². The fourth-order valence-electron chi connectivity index (χ4n) is 3.84. The molecule has 1 aromatic heterocycles. The number of hydrogen-bond donors (Lipinski definition) is 2. The molecule has 0 radical (unpaired) electrons. The van der Waals surface area contributed by atoms with Crippen molar-refractivity contribution in [2.75, 3.05) is 6.61 Å². The number of aromatic nitrogens is 1. The van der Waals surface area contributed by atoms with Gasteiger partial charge in [0.15, 0.2) is 0 Å². The minimum absolute atomic E-state index is 0.0808. The van der Waals surface area contributed by atoms with Crippen molar-refractivity contribution in [3.05, 3.63) is 46.8 Å². The molecule has 27 heavy (non-hydrogen) atoms. The Morgan fingerprint density at radius 3 is 2.00 bits per heavy atom. The second-order valence-corrected chi connectivity index (χ2v) is 7.97. The maximum absolute atomic E-state index is 10.6. The van der Waals surface area contributed by atoms with Crippen molar-refractivity contribution in [2.45, 2.75) is 78.6 Å². The number of aliphatic hydroxyl groups is 1. The monoisotopic (exact) mass is 369 g/mol. The molecule has 3 heteroatoms. The number of rotatable bonds is 9. The van der Waals surface area contributed by atoms with E-state index in [9.17, 15) is 10.2 Å². The van der Waals surface area contributed by atoms with Gasteiger partial charge in [0.05, 0.1) is 0 Å². The topological polar surface area (TPSA) is 53.4 Å². The Morgan fingerprint density at radius 2 is 1.48 bits per heavy atom. The smallest absolute Gasteiger partial charge is 0.123 e. The number of phenols is 1. The van der Waals surface area contributed by atoms with Crippen molar-refractivity contribution in [3.8, 4) is 16.9 Å². The van der Waals surface area contributed by atoms with Crippen LogP contribution in [0.3, 0.4) is 0 Å². The molecule has 0 unspecified atom stereocenters. The lowest BCUT2D eigenvalue weighted by atomic mass is 9.84. The van der Waals surface area contributed by atoms with E-state index in [2.05, 4.69) is 34.6 Å². The number of para-hydroxylation sites is 1. The van der Waals surface area contributed by atoms with Gasteiger partial charge in [-0.25, -0.2) is 0 Å². The molecule has 0 aliphatic carbocycles. The maximum atomic E-state index is 10.6. The molecule has 148 valence electrons. The molecule has 0 fully saturated rings. The second-order valence-electron chi connectivity index (χ2n) is 7.97. The molecule has 0 aliphatic heterocycles. The van der Waals surface area contributed by atoms with Crippen LogP contribution in [0.1, 0.15) is 88.2 Å². The molecule has 3 nitrogen and oxygen atoms in total. The van der Waals surface area contributed by atoms with E-state index in [0.717, 1.165) is 40.9 Å². The molecule has 0 bridgehead atoms. The summed E-state index contributed by atoms with van der Waals surface area (Å²) >= 11 is 0. The molecular formula is C24H35NO2. The number of pyridine rings is 1. The van der Waals surface area contributed by atoms with Crippen LogP contribution in [-0.2, 0) is 12.8 Å². The highest BCUT2D eigenvalue weighted by Gasteiger charge is 2.24. The van der Waals surface area contributed by atoms with Gasteiger partial charge >= 0.3 is 0 Å². The van der Waals surface area contributed by atoms with Gasteiger partial charge in [0.1, 0.15) is 5.75 Å². The molecule has 0 aliphatic rings. The molecule has 2 N–H and O–H groups in total. The largest absolute Gasteiger partial charge is 0.507 e. The molecule has 2 aromatic rings. The van der Waals surface area contributed by atoms with Crippen molar-refractivity contribution in [1.82, 2.24) is 4.98 Å². The first-order valence-electron chi connectivity index (χ1n) is 10.4. The lowest BCUT2D eigenvalue weighted by Crippen LogP contribution is -2.13. The number of aliphatic hydroxyl groups excluding tert-OH is 1. The summed E-state index contributed by atoms with van der Waals surface area (Å²) in [7, 11) is 0. The predicted octanol–water partition coefficient (Wildman–Crippen LogP) is 5.97. The second kappa shape index (κ2) is 9.89. The average molecular weight is 370 g/mol. The van der Waals surface area contributed by atoms with Gasteiger partial charge in [-0.1, -0.05) is 65.7 Å². The van der Waals surface area contributed by atoms with Gasteiger partial charge in [-0.15, -0.1) is 0 Å². The normalized spacial score (nSPS) is 11.6. The maximum Gasteiger partial charge on any atom is 0.123 e. The van der Waals surface area contributed by atoms with E-state index >= 15 is 0 Å². The SMILES string of the molecule is CCCCCc1c(C(C)C)nc(C(C)C)c(CCO)c1-c1ccccc1O. The number of hydrogen-bond acceptors (Lipinski definition) is 3. The van der Waals surface area contributed by atoms with Crippen molar-refractivity contribution in [2.24, 2.45) is 0 Å². The Balaban J connectivity index is 2.85. The van der Waals surface area contributed by atoms with Crippen LogP contribution < -0.4 is 0 Å². The molecule has 0 amide bonds. The van der Waals surface area contributed by atoms with E-state index in [0.29, 0.717) is 18.1 Å². The molecule has 2 rings (SSSR count). The highest BCUT2D eigenvalue weighted by molar-refractivity contribution is 5.77. The van der Waals surface area contributed by atoms with Crippen LogP contribution in [-0.4, -0.2) is 21.8 Å². The van der Waals surface area contributed by atoms with E-state index in [1.807, 2.05) is 18.2 Å². The fraction of sp³-hybridized carbons (Fsp3) is 0.542. The highest BCUT2D eigenvalue weighted by atomic mass is 16.3. The van der Waals surface area contributed by atoms with Crippen LogP contribution in [0.2, 0.25) is 0 Å². The molecule has 1 heterocycles. The van der Waals surface area contributed by atoms with Gasteiger partial charge < -0.3 is 10.2 Å². The lowest BCUT2D eigenvalue weighted by Gasteiger charge is -2.25. The summed E-state index contributed by atoms with van der Waals surface area (Å²) in [6, 6.07) is 7.56. The number of aromatic hydroxyl groups is 1. The average Bonchev–Trinajstić information content (AvgIpc) is 2.62. The summed E-state index contributed by atoms with van der Waals surface area (Å²) in [6.07, 6.45) is 4.97. The summed E-state index contributed by atoms with van der Waals surface area (Å²) in [5.74, 6) is 0.870. The van der Waals surface area contributed by atoms with Crippen LogP contribution in [0.15, 0.2) is 24.3 Å². The molecule has 0 spiro atoms. The van der Waals surface area contributed by atoms with Crippen molar-refractivity contribution < 1.29 is 10.2 Å². The molecule has 1 aromatic carbocycles. The van der Waals surface area contributed by atoms with E-state index in [1.54, 1.807) is 6.07 Å². The van der Waals surface area contributed by atoms with Crippen LogP contribution in [0, 0.1) is 0 Å². The number of nitrogens with zero attached hydrogens (tertiary/aromatic N) is 1. The van der Waals surface area contributed by atoms with Crippen molar-refractivity contribution in [1.29, 1.82) is 0 Å². The highest BCUT2D eigenvalue weighted by Crippen LogP contribution is 2.40. The predicted molar refractivity (Wildman–Crippen MR) is 114 cm³/mol. The number of phenolic OH excluding ortho intramolecular Hbond substituents is 1. The van der Waals surface area contributed by atoms with E-state index < -0.39 is 0 Å². The number of unbranched alkanes of at least 4 members (excludes halogenated alkanes) is 2. The Hall–Kier alpha value is -1.87. The minimum atomic E-state index is 0.0808. The summed E-state index contributed by atoms with van der Waals surface area (Å²) in [6.45, 7) is 11.0. The van der Waals surface area contributed by atoms with E-state index in [1.165, 1.54) is 18.4 Å². The van der Waals surface area contributed by atoms with E-state index in [-0.39, 0.29) is 12.5 Å². The van der Waals surface area contributed by atoms with Crippen molar-refractivity contribution >= 4 is 0 Å². The zero-order valence-electron chi connectivity index (χ0n) is 17.5. The Morgan fingerprint density at radius 1 is 0.889 bits per heavy atom. The molecule has 0 saturated carbocycles. The van der Waals surface area contributed by atoms with Crippen LogP contribution in [0.4, 0.5) is 0 Å². The van der Waals surface area contributed by atoms with Gasteiger partial charge in [-0.05, 0) is 53.9 Å². The third kappa shape index (κ3) is 4.90. The third-order valence-electron chi connectivity index (χ3n) is 5.12. The van der Waals surface area contributed by atoms with Gasteiger partial charge in [0.2, 0.25) is 0 Å². The first-order chi connectivity index (χ1) is 12.9. The zero-order valence-corrected chi connectivity index (χ0v) is 17.5. The zero-order chi connectivity index (χ0) is 20.0.